The van der Waals surface area contributed by atoms with Crippen molar-refractivity contribution in [1.82, 2.24) is 15.5 Å². The number of carbonyl (C=O) groups is 1. The maximum absolute atomic E-state index is 11.9. The lowest BCUT2D eigenvalue weighted by Crippen LogP contribution is -2.49. The summed E-state index contributed by atoms with van der Waals surface area (Å²) >= 11 is 0. The SMILES string of the molecule is CN=C(NCC1CN(C)CCO1)NCC1CC(=O)Nc2ccccc21. The number of rotatable bonds is 4. The van der Waals surface area contributed by atoms with Gasteiger partial charge in [0.2, 0.25) is 5.91 Å². The van der Waals surface area contributed by atoms with E-state index in [0.717, 1.165) is 31.3 Å². The highest BCUT2D eigenvalue weighted by molar-refractivity contribution is 5.94. The molecule has 1 amide bonds. The minimum absolute atomic E-state index is 0.0621. The van der Waals surface area contributed by atoms with Crippen molar-refractivity contribution < 1.29 is 9.53 Å². The molecule has 2 aliphatic rings. The lowest BCUT2D eigenvalue weighted by Gasteiger charge is -2.30. The van der Waals surface area contributed by atoms with Gasteiger partial charge in [-0.3, -0.25) is 9.79 Å². The number of nitrogens with one attached hydrogen (secondary N) is 3. The molecule has 1 fully saturated rings. The number of fused-ring (bicyclic) bond motifs is 1. The van der Waals surface area contributed by atoms with Crippen LogP contribution in [0.15, 0.2) is 29.3 Å². The number of carbonyl (C=O) groups excluding carboxylic acids is 1. The second-order valence-electron chi connectivity index (χ2n) is 6.63. The van der Waals surface area contributed by atoms with Gasteiger partial charge in [0.25, 0.3) is 0 Å². The second-order valence-corrected chi connectivity index (χ2v) is 6.63. The average molecular weight is 345 g/mol. The average Bonchev–Trinajstić information content (AvgIpc) is 2.61. The van der Waals surface area contributed by atoms with Crippen molar-refractivity contribution in [2.75, 3.05) is 52.2 Å². The van der Waals surface area contributed by atoms with Gasteiger partial charge in [-0.2, -0.15) is 0 Å². The topological polar surface area (TPSA) is 78.0 Å². The molecule has 0 aromatic heterocycles. The number of para-hydroxylation sites is 1. The standard InChI is InChI=1S/C18H27N5O2/c1-19-18(21-11-14-12-23(2)7-8-25-14)20-10-13-9-17(24)22-16-6-4-3-5-15(13)16/h3-6,13-14H,7-12H2,1-2H3,(H,22,24)(H2,19,20,21). The van der Waals surface area contributed by atoms with Crippen molar-refractivity contribution in [3.8, 4) is 0 Å². The van der Waals surface area contributed by atoms with Gasteiger partial charge in [0.15, 0.2) is 5.96 Å². The molecule has 0 bridgehead atoms. The normalized spacial score (nSPS) is 24.4. The molecule has 2 atom stereocenters. The Morgan fingerprint density at radius 3 is 2.96 bits per heavy atom. The third-order valence-corrected chi connectivity index (χ3v) is 4.69. The number of amides is 1. The summed E-state index contributed by atoms with van der Waals surface area (Å²) in [6.07, 6.45) is 0.649. The van der Waals surface area contributed by atoms with Gasteiger partial charge in [0.1, 0.15) is 0 Å². The molecule has 3 N–H and O–H groups in total. The molecule has 0 radical (unpaired) electrons. The Morgan fingerprint density at radius 1 is 1.36 bits per heavy atom. The van der Waals surface area contributed by atoms with Gasteiger partial charge in [0, 0.05) is 51.3 Å². The highest BCUT2D eigenvalue weighted by Gasteiger charge is 2.25. The van der Waals surface area contributed by atoms with Crippen LogP contribution in [0.1, 0.15) is 17.9 Å². The Bertz CT molecular complexity index is 634. The third-order valence-electron chi connectivity index (χ3n) is 4.69. The van der Waals surface area contributed by atoms with Gasteiger partial charge in [0.05, 0.1) is 12.7 Å². The van der Waals surface area contributed by atoms with Crippen molar-refractivity contribution in [3.05, 3.63) is 29.8 Å². The first-order valence-electron chi connectivity index (χ1n) is 8.79. The van der Waals surface area contributed by atoms with Crippen LogP contribution in [0, 0.1) is 0 Å². The lowest BCUT2D eigenvalue weighted by molar-refractivity contribution is -0.116. The molecule has 1 aromatic rings. The molecule has 7 heteroatoms. The van der Waals surface area contributed by atoms with E-state index < -0.39 is 0 Å². The lowest BCUT2D eigenvalue weighted by atomic mass is 9.90. The summed E-state index contributed by atoms with van der Waals surface area (Å²) in [6.45, 7) is 4.04. The zero-order chi connectivity index (χ0) is 17.6. The van der Waals surface area contributed by atoms with Crippen LogP contribution in [0.4, 0.5) is 5.69 Å². The summed E-state index contributed by atoms with van der Waals surface area (Å²) in [5, 5.41) is 9.59. The van der Waals surface area contributed by atoms with E-state index in [0.29, 0.717) is 19.5 Å². The van der Waals surface area contributed by atoms with E-state index in [-0.39, 0.29) is 17.9 Å². The van der Waals surface area contributed by atoms with Gasteiger partial charge in [-0.1, -0.05) is 18.2 Å². The molecule has 7 nitrogen and oxygen atoms in total. The highest BCUT2D eigenvalue weighted by Crippen LogP contribution is 2.31. The molecule has 2 unspecified atom stereocenters. The summed E-state index contributed by atoms with van der Waals surface area (Å²) in [7, 11) is 3.86. The van der Waals surface area contributed by atoms with Crippen LogP contribution in [0.3, 0.4) is 0 Å². The maximum atomic E-state index is 11.9. The number of hydrogen-bond donors (Lipinski definition) is 3. The van der Waals surface area contributed by atoms with E-state index in [9.17, 15) is 4.79 Å². The molecule has 25 heavy (non-hydrogen) atoms. The molecule has 136 valence electrons. The number of aliphatic imine (C=N–C) groups is 1. The fourth-order valence-corrected chi connectivity index (χ4v) is 3.33. The van der Waals surface area contributed by atoms with Crippen molar-refractivity contribution >= 4 is 17.6 Å². The van der Waals surface area contributed by atoms with Gasteiger partial charge < -0.3 is 25.6 Å². The van der Waals surface area contributed by atoms with Gasteiger partial charge >= 0.3 is 0 Å². The van der Waals surface area contributed by atoms with E-state index in [4.69, 9.17) is 4.74 Å². The Hall–Kier alpha value is -2.12. The second kappa shape index (κ2) is 8.31. The number of benzene rings is 1. The summed E-state index contributed by atoms with van der Waals surface area (Å²) in [4.78, 5) is 18.5. The quantitative estimate of drug-likeness (QED) is 0.550. The van der Waals surface area contributed by atoms with Gasteiger partial charge in [-0.05, 0) is 18.7 Å². The molecule has 2 heterocycles. The first-order chi connectivity index (χ1) is 12.2. The van der Waals surface area contributed by atoms with Gasteiger partial charge in [-0.25, -0.2) is 0 Å². The van der Waals surface area contributed by atoms with Crippen LogP contribution >= 0.6 is 0 Å². The molecule has 0 aliphatic carbocycles. The Labute approximate surface area is 148 Å². The first-order valence-corrected chi connectivity index (χ1v) is 8.79. The van der Waals surface area contributed by atoms with E-state index in [1.807, 2.05) is 18.2 Å². The molecule has 1 saturated heterocycles. The number of likely N-dealkylation sites (N-methyl/N-ethyl adjacent to an activating group) is 1. The number of morpholine rings is 1. The maximum Gasteiger partial charge on any atom is 0.225 e. The van der Waals surface area contributed by atoms with Crippen LogP contribution in [-0.2, 0) is 9.53 Å². The number of hydrogen-bond acceptors (Lipinski definition) is 4. The van der Waals surface area contributed by atoms with Crippen LogP contribution in [0.5, 0.6) is 0 Å². The fourth-order valence-electron chi connectivity index (χ4n) is 3.33. The molecular weight excluding hydrogens is 318 g/mol. The fraction of sp³-hybridized carbons (Fsp3) is 0.556. The Balaban J connectivity index is 1.52. The molecule has 2 aliphatic heterocycles. The zero-order valence-corrected chi connectivity index (χ0v) is 14.9. The Morgan fingerprint density at radius 2 is 2.16 bits per heavy atom. The van der Waals surface area contributed by atoms with Crippen LogP contribution in [0.25, 0.3) is 0 Å². The van der Waals surface area contributed by atoms with E-state index >= 15 is 0 Å². The molecule has 1 aromatic carbocycles. The molecule has 0 saturated carbocycles. The van der Waals surface area contributed by atoms with Crippen molar-refractivity contribution in [2.24, 2.45) is 4.99 Å². The minimum atomic E-state index is 0.0621. The smallest absolute Gasteiger partial charge is 0.225 e. The molecule has 0 spiro atoms. The largest absolute Gasteiger partial charge is 0.374 e. The van der Waals surface area contributed by atoms with Crippen molar-refractivity contribution in [1.29, 1.82) is 0 Å². The van der Waals surface area contributed by atoms with E-state index in [1.165, 1.54) is 5.56 Å². The monoisotopic (exact) mass is 345 g/mol. The molecular formula is C18H27N5O2. The zero-order valence-electron chi connectivity index (χ0n) is 14.9. The number of guanidine groups is 1. The third kappa shape index (κ3) is 4.70. The van der Waals surface area contributed by atoms with Crippen LogP contribution < -0.4 is 16.0 Å². The van der Waals surface area contributed by atoms with Gasteiger partial charge in [-0.15, -0.1) is 0 Å². The predicted octanol–water partition coefficient (Wildman–Crippen LogP) is 0.608. The number of ether oxygens (including phenoxy) is 1. The summed E-state index contributed by atoms with van der Waals surface area (Å²) < 4.78 is 5.76. The van der Waals surface area contributed by atoms with Crippen molar-refractivity contribution in [3.63, 3.8) is 0 Å². The summed E-state index contributed by atoms with van der Waals surface area (Å²) in [6, 6.07) is 7.97. The van der Waals surface area contributed by atoms with Crippen molar-refractivity contribution in [2.45, 2.75) is 18.4 Å². The molecule has 3 rings (SSSR count). The van der Waals surface area contributed by atoms with Crippen LogP contribution in [0.2, 0.25) is 0 Å². The van der Waals surface area contributed by atoms with Crippen LogP contribution in [-0.4, -0.2) is 69.8 Å². The van der Waals surface area contributed by atoms with E-state index in [1.54, 1.807) is 7.05 Å². The van der Waals surface area contributed by atoms with E-state index in [2.05, 4.69) is 39.0 Å². The summed E-state index contributed by atoms with van der Waals surface area (Å²) in [5.41, 5.74) is 2.08. The number of anilines is 1. The summed E-state index contributed by atoms with van der Waals surface area (Å²) in [5.74, 6) is 0.938. The predicted molar refractivity (Wildman–Crippen MR) is 99.0 cm³/mol. The Kier molecular flexibility index (Phi) is 5.88. The first kappa shape index (κ1) is 17.7. The highest BCUT2D eigenvalue weighted by atomic mass is 16.5. The minimum Gasteiger partial charge on any atom is -0.374 e. The number of nitrogens with zero attached hydrogens (tertiary/aromatic N) is 2.